The molecule has 0 saturated carbocycles. The zero-order valence-corrected chi connectivity index (χ0v) is 11.5. The lowest BCUT2D eigenvalue weighted by Crippen LogP contribution is -2.07. The lowest BCUT2D eigenvalue weighted by molar-refractivity contribution is 0.0991. The third-order valence-corrected chi connectivity index (χ3v) is 3.46. The van der Waals surface area contributed by atoms with Gasteiger partial charge in [-0.25, -0.2) is 17.6 Å². The van der Waals surface area contributed by atoms with Gasteiger partial charge in [-0.2, -0.15) is 0 Å². The van der Waals surface area contributed by atoms with Crippen LogP contribution in [0.2, 0.25) is 0 Å². The van der Waals surface area contributed by atoms with Crippen molar-refractivity contribution in [1.29, 1.82) is 0 Å². The number of ketones is 1. The molecule has 0 aliphatic heterocycles. The number of hydrogen-bond acceptors (Lipinski definition) is 1. The Labute approximate surface area is 120 Å². The summed E-state index contributed by atoms with van der Waals surface area (Å²) in [4.78, 5) is 12.0. The second kappa shape index (κ2) is 5.75. The van der Waals surface area contributed by atoms with Crippen molar-refractivity contribution >= 4 is 21.7 Å². The highest BCUT2D eigenvalue weighted by molar-refractivity contribution is 9.10. The van der Waals surface area contributed by atoms with E-state index in [1.54, 1.807) is 0 Å². The van der Waals surface area contributed by atoms with Crippen LogP contribution >= 0.6 is 15.9 Å². The Morgan fingerprint density at radius 3 is 2.25 bits per heavy atom. The maximum absolute atomic E-state index is 13.3. The van der Waals surface area contributed by atoms with E-state index in [4.69, 9.17) is 0 Å². The molecule has 0 aliphatic rings. The average Bonchev–Trinajstić information content (AvgIpc) is 2.40. The number of hydrogen-bond donors (Lipinski definition) is 0. The predicted molar refractivity (Wildman–Crippen MR) is 68.5 cm³/mol. The van der Waals surface area contributed by atoms with Gasteiger partial charge in [-0.05, 0) is 45.8 Å². The Hall–Kier alpha value is -1.69. The molecule has 104 valence electrons. The topological polar surface area (TPSA) is 17.1 Å². The normalized spacial score (nSPS) is 10.7. The van der Waals surface area contributed by atoms with Crippen LogP contribution in [0.4, 0.5) is 17.6 Å². The first kappa shape index (κ1) is 14.7. The number of Topliss-reactive ketones (excluding diaryl/α,β-unsaturated/α-hetero) is 1. The molecule has 2 aromatic rings. The number of halogens is 5. The van der Waals surface area contributed by atoms with Gasteiger partial charge in [0.15, 0.2) is 29.1 Å². The van der Waals surface area contributed by atoms with Crippen LogP contribution in [0.3, 0.4) is 0 Å². The molecule has 0 radical (unpaired) electrons. The van der Waals surface area contributed by atoms with E-state index in [0.29, 0.717) is 0 Å². The molecule has 0 atom stereocenters. The van der Waals surface area contributed by atoms with Crippen molar-refractivity contribution in [2.45, 2.75) is 6.42 Å². The van der Waals surface area contributed by atoms with E-state index in [9.17, 15) is 22.4 Å². The van der Waals surface area contributed by atoms with E-state index in [2.05, 4.69) is 15.9 Å². The molecule has 6 heteroatoms. The summed E-state index contributed by atoms with van der Waals surface area (Å²) in [6.45, 7) is 0. The summed E-state index contributed by atoms with van der Waals surface area (Å²) < 4.78 is 51.8. The van der Waals surface area contributed by atoms with Crippen LogP contribution in [0.1, 0.15) is 15.9 Å². The third kappa shape index (κ3) is 2.90. The molecule has 20 heavy (non-hydrogen) atoms. The van der Waals surface area contributed by atoms with E-state index in [-0.39, 0.29) is 22.0 Å². The minimum atomic E-state index is -1.17. The highest BCUT2D eigenvalue weighted by Gasteiger charge is 2.17. The van der Waals surface area contributed by atoms with Crippen molar-refractivity contribution in [2.24, 2.45) is 0 Å². The van der Waals surface area contributed by atoms with Gasteiger partial charge < -0.3 is 0 Å². The Morgan fingerprint density at radius 1 is 0.950 bits per heavy atom. The standard InChI is InChI=1S/C14H7BrF4O/c15-13-8(2-4-10(17)14(13)19)12(20)6-7-1-3-9(16)11(18)5-7/h1-5H,6H2. The first-order valence-corrected chi connectivity index (χ1v) is 6.30. The Morgan fingerprint density at radius 2 is 1.60 bits per heavy atom. The number of carbonyl (C=O) groups excluding carboxylic acids is 1. The van der Waals surface area contributed by atoms with Gasteiger partial charge >= 0.3 is 0 Å². The van der Waals surface area contributed by atoms with Gasteiger partial charge in [-0.1, -0.05) is 6.07 Å². The monoisotopic (exact) mass is 346 g/mol. The lowest BCUT2D eigenvalue weighted by Gasteiger charge is -2.06. The molecule has 0 fully saturated rings. The maximum Gasteiger partial charge on any atom is 0.173 e. The molecular formula is C14H7BrF4O. The third-order valence-electron chi connectivity index (χ3n) is 2.68. The van der Waals surface area contributed by atoms with Crippen molar-refractivity contribution in [3.63, 3.8) is 0 Å². The van der Waals surface area contributed by atoms with Gasteiger partial charge in [0.2, 0.25) is 0 Å². The molecule has 0 heterocycles. The van der Waals surface area contributed by atoms with E-state index < -0.39 is 29.1 Å². The minimum Gasteiger partial charge on any atom is -0.294 e. The van der Waals surface area contributed by atoms with Crippen molar-refractivity contribution in [2.75, 3.05) is 0 Å². The maximum atomic E-state index is 13.3. The highest BCUT2D eigenvalue weighted by atomic mass is 79.9. The summed E-state index contributed by atoms with van der Waals surface area (Å²) >= 11 is 2.80. The number of carbonyl (C=O) groups is 1. The first-order chi connectivity index (χ1) is 9.40. The number of rotatable bonds is 3. The first-order valence-electron chi connectivity index (χ1n) is 5.50. The molecule has 0 N–H and O–H groups in total. The van der Waals surface area contributed by atoms with Gasteiger partial charge in [0.25, 0.3) is 0 Å². The van der Waals surface area contributed by atoms with Crippen molar-refractivity contribution < 1.29 is 22.4 Å². The second-order valence-electron chi connectivity index (χ2n) is 4.07. The van der Waals surface area contributed by atoms with Crippen molar-refractivity contribution in [3.8, 4) is 0 Å². The molecule has 0 amide bonds. The molecule has 2 aromatic carbocycles. The number of benzene rings is 2. The summed E-state index contributed by atoms with van der Waals surface area (Å²) in [6, 6.07) is 5.01. The molecule has 1 nitrogen and oxygen atoms in total. The van der Waals surface area contributed by atoms with E-state index >= 15 is 0 Å². The molecule has 2 rings (SSSR count). The van der Waals surface area contributed by atoms with Gasteiger partial charge in [0.1, 0.15) is 0 Å². The van der Waals surface area contributed by atoms with Crippen LogP contribution in [-0.4, -0.2) is 5.78 Å². The zero-order chi connectivity index (χ0) is 14.9. The van der Waals surface area contributed by atoms with Crippen LogP contribution in [-0.2, 0) is 6.42 Å². The SMILES string of the molecule is O=C(Cc1ccc(F)c(F)c1)c1ccc(F)c(F)c1Br. The Kier molecular flexibility index (Phi) is 4.23. The summed E-state index contributed by atoms with van der Waals surface area (Å²) in [5.41, 5.74) is 0.180. The summed E-state index contributed by atoms with van der Waals surface area (Å²) in [7, 11) is 0. The summed E-state index contributed by atoms with van der Waals surface area (Å²) in [5, 5.41) is 0. The largest absolute Gasteiger partial charge is 0.294 e. The molecule has 0 unspecified atom stereocenters. The van der Waals surface area contributed by atoms with Crippen LogP contribution in [0.15, 0.2) is 34.8 Å². The van der Waals surface area contributed by atoms with Crippen LogP contribution in [0.25, 0.3) is 0 Å². The van der Waals surface area contributed by atoms with Crippen molar-refractivity contribution in [3.05, 3.63) is 69.2 Å². The quantitative estimate of drug-likeness (QED) is 0.456. The predicted octanol–water partition coefficient (Wildman–Crippen LogP) is 4.43. The Bertz CT molecular complexity index is 685. The fourth-order valence-electron chi connectivity index (χ4n) is 1.67. The highest BCUT2D eigenvalue weighted by Crippen LogP contribution is 2.24. The van der Waals surface area contributed by atoms with Crippen molar-refractivity contribution in [1.82, 2.24) is 0 Å². The summed E-state index contributed by atoms with van der Waals surface area (Å²) in [5.74, 6) is -4.88. The van der Waals surface area contributed by atoms with Crippen LogP contribution in [0, 0.1) is 23.3 Å². The molecule has 0 aliphatic carbocycles. The lowest BCUT2D eigenvalue weighted by atomic mass is 10.0. The average molecular weight is 347 g/mol. The van der Waals surface area contributed by atoms with E-state index in [0.717, 1.165) is 24.3 Å². The second-order valence-corrected chi connectivity index (χ2v) is 4.86. The van der Waals surface area contributed by atoms with Gasteiger partial charge in [0, 0.05) is 12.0 Å². The molecule has 0 saturated heterocycles. The van der Waals surface area contributed by atoms with Gasteiger partial charge in [-0.15, -0.1) is 0 Å². The molecule has 0 bridgehead atoms. The molecule has 0 aromatic heterocycles. The Balaban J connectivity index is 2.28. The van der Waals surface area contributed by atoms with E-state index in [1.165, 1.54) is 6.07 Å². The van der Waals surface area contributed by atoms with Crippen LogP contribution < -0.4 is 0 Å². The van der Waals surface area contributed by atoms with Gasteiger partial charge in [0.05, 0.1) is 4.47 Å². The molecule has 0 spiro atoms. The van der Waals surface area contributed by atoms with Crippen LogP contribution in [0.5, 0.6) is 0 Å². The smallest absolute Gasteiger partial charge is 0.173 e. The van der Waals surface area contributed by atoms with E-state index in [1.807, 2.05) is 0 Å². The zero-order valence-electron chi connectivity index (χ0n) is 9.89. The fourth-order valence-corrected chi connectivity index (χ4v) is 2.21. The molecular weight excluding hydrogens is 340 g/mol. The summed E-state index contributed by atoms with van der Waals surface area (Å²) in [6.07, 6.45) is -0.249. The minimum absolute atomic E-state index is 0.0615. The van der Waals surface area contributed by atoms with Gasteiger partial charge in [-0.3, -0.25) is 4.79 Å². The fraction of sp³-hybridized carbons (Fsp3) is 0.0714.